The summed E-state index contributed by atoms with van der Waals surface area (Å²) in [4.78, 5) is 12.3. The summed E-state index contributed by atoms with van der Waals surface area (Å²) in [5.41, 5.74) is 3.30. The molecule has 26 heavy (non-hydrogen) atoms. The van der Waals surface area contributed by atoms with Crippen molar-refractivity contribution in [3.05, 3.63) is 62.1 Å². The van der Waals surface area contributed by atoms with E-state index in [1.54, 1.807) is 23.1 Å². The molecular formula is C17H16BrCl2N5O. The number of benzene rings is 1. The third-order valence-electron chi connectivity index (χ3n) is 3.87. The minimum absolute atomic E-state index is 0.127. The molecule has 0 fully saturated rings. The number of rotatable bonds is 5. The van der Waals surface area contributed by atoms with Crippen LogP contribution < -0.4 is 5.32 Å². The lowest BCUT2D eigenvalue weighted by molar-refractivity contribution is -0.116. The summed E-state index contributed by atoms with van der Waals surface area (Å²) in [6.07, 6.45) is 3.38. The number of halogens is 3. The number of anilines is 1. The van der Waals surface area contributed by atoms with Crippen molar-refractivity contribution >= 4 is 50.7 Å². The number of amides is 1. The van der Waals surface area contributed by atoms with Crippen molar-refractivity contribution in [1.29, 1.82) is 0 Å². The highest BCUT2D eigenvalue weighted by Crippen LogP contribution is 2.25. The molecule has 136 valence electrons. The fourth-order valence-electron chi connectivity index (χ4n) is 2.59. The van der Waals surface area contributed by atoms with Crippen molar-refractivity contribution in [2.24, 2.45) is 0 Å². The first kappa shape index (κ1) is 18.9. The molecule has 0 radical (unpaired) electrons. The molecule has 0 aliphatic carbocycles. The third-order valence-corrected chi connectivity index (χ3v) is 5.02. The fraction of sp³-hybridized carbons (Fsp3) is 0.235. The van der Waals surface area contributed by atoms with Gasteiger partial charge in [-0.3, -0.25) is 14.2 Å². The van der Waals surface area contributed by atoms with Crippen LogP contribution in [0.4, 0.5) is 5.69 Å². The zero-order valence-corrected chi connectivity index (χ0v) is 17.2. The highest BCUT2D eigenvalue weighted by atomic mass is 79.9. The molecule has 1 aromatic carbocycles. The van der Waals surface area contributed by atoms with Crippen molar-refractivity contribution in [1.82, 2.24) is 19.6 Å². The molecule has 0 spiro atoms. The largest absolute Gasteiger partial charge is 0.321 e. The maximum Gasteiger partial charge on any atom is 0.246 e. The number of nitrogens with zero attached hydrogens (tertiary/aromatic N) is 4. The van der Waals surface area contributed by atoms with Crippen LogP contribution in [-0.4, -0.2) is 25.5 Å². The van der Waals surface area contributed by atoms with E-state index in [0.717, 1.165) is 21.4 Å². The van der Waals surface area contributed by atoms with Crippen LogP contribution in [-0.2, 0) is 17.9 Å². The van der Waals surface area contributed by atoms with Gasteiger partial charge in [-0.1, -0.05) is 29.3 Å². The Balaban J connectivity index is 1.74. The predicted octanol–water partition coefficient (Wildman–Crippen LogP) is 4.45. The van der Waals surface area contributed by atoms with Gasteiger partial charge in [0, 0.05) is 6.20 Å². The Hall–Kier alpha value is -1.83. The molecule has 0 aliphatic heterocycles. The fourth-order valence-corrected chi connectivity index (χ4v) is 3.24. The van der Waals surface area contributed by atoms with Crippen molar-refractivity contribution < 1.29 is 4.79 Å². The lowest BCUT2D eigenvalue weighted by Crippen LogP contribution is -2.19. The third kappa shape index (κ3) is 4.28. The van der Waals surface area contributed by atoms with Crippen LogP contribution in [0.1, 0.15) is 17.0 Å². The first-order valence-electron chi connectivity index (χ1n) is 7.79. The summed E-state index contributed by atoms with van der Waals surface area (Å²) in [5, 5.41) is 12.5. The normalized spacial score (nSPS) is 11.0. The van der Waals surface area contributed by atoms with Gasteiger partial charge in [0.05, 0.1) is 44.3 Å². The van der Waals surface area contributed by atoms with E-state index < -0.39 is 0 Å². The summed E-state index contributed by atoms with van der Waals surface area (Å²) in [7, 11) is 0. The molecule has 0 atom stereocenters. The molecule has 0 bridgehead atoms. The van der Waals surface area contributed by atoms with Gasteiger partial charge in [-0.15, -0.1) is 0 Å². The lowest BCUT2D eigenvalue weighted by atomic mass is 10.2. The van der Waals surface area contributed by atoms with Crippen LogP contribution >= 0.6 is 39.1 Å². The van der Waals surface area contributed by atoms with E-state index in [4.69, 9.17) is 23.2 Å². The first-order valence-corrected chi connectivity index (χ1v) is 9.34. The molecule has 9 heteroatoms. The second kappa shape index (κ2) is 7.82. The minimum atomic E-state index is -0.166. The van der Waals surface area contributed by atoms with Gasteiger partial charge in [-0.25, -0.2) is 0 Å². The Labute approximate surface area is 169 Å². The molecular weight excluding hydrogens is 441 g/mol. The quantitative estimate of drug-likeness (QED) is 0.616. The molecule has 2 heterocycles. The van der Waals surface area contributed by atoms with Gasteiger partial charge < -0.3 is 5.32 Å². The van der Waals surface area contributed by atoms with Gasteiger partial charge in [-0.2, -0.15) is 10.2 Å². The Bertz CT molecular complexity index is 966. The molecule has 3 aromatic rings. The topological polar surface area (TPSA) is 64.7 Å². The second-order valence-electron chi connectivity index (χ2n) is 5.86. The van der Waals surface area contributed by atoms with Gasteiger partial charge in [0.2, 0.25) is 5.91 Å². The highest BCUT2D eigenvalue weighted by molar-refractivity contribution is 9.10. The predicted molar refractivity (Wildman–Crippen MR) is 106 cm³/mol. The highest BCUT2D eigenvalue weighted by Gasteiger charge is 2.15. The molecule has 6 nitrogen and oxygen atoms in total. The van der Waals surface area contributed by atoms with E-state index in [1.165, 1.54) is 0 Å². The Morgan fingerprint density at radius 1 is 1.27 bits per heavy atom. The number of aryl methyl sites for hydroxylation is 1. The molecule has 3 rings (SSSR count). The summed E-state index contributed by atoms with van der Waals surface area (Å²) in [6, 6.07) is 5.47. The van der Waals surface area contributed by atoms with E-state index in [-0.39, 0.29) is 12.5 Å². The average molecular weight is 457 g/mol. The van der Waals surface area contributed by atoms with Crippen LogP contribution in [0.3, 0.4) is 0 Å². The maximum atomic E-state index is 12.3. The Morgan fingerprint density at radius 2 is 2.04 bits per heavy atom. The number of carbonyl (C=O) groups excluding carboxylic acids is 1. The zero-order chi connectivity index (χ0) is 18.8. The summed E-state index contributed by atoms with van der Waals surface area (Å²) in [6.45, 7) is 4.43. The first-order chi connectivity index (χ1) is 12.3. The molecule has 0 saturated carbocycles. The maximum absolute atomic E-state index is 12.3. The van der Waals surface area contributed by atoms with Crippen molar-refractivity contribution in [2.75, 3.05) is 5.32 Å². The van der Waals surface area contributed by atoms with Crippen molar-refractivity contribution in [3.8, 4) is 0 Å². The van der Waals surface area contributed by atoms with Crippen molar-refractivity contribution in [2.45, 2.75) is 26.9 Å². The number of aromatic nitrogens is 4. The summed E-state index contributed by atoms with van der Waals surface area (Å²) in [5.74, 6) is -0.166. The van der Waals surface area contributed by atoms with Crippen LogP contribution in [0, 0.1) is 13.8 Å². The zero-order valence-electron chi connectivity index (χ0n) is 14.1. The number of carbonyl (C=O) groups is 1. The molecule has 1 N–H and O–H groups in total. The van der Waals surface area contributed by atoms with E-state index in [2.05, 4.69) is 31.4 Å². The number of nitrogens with one attached hydrogen (secondary N) is 1. The molecule has 0 unspecified atom stereocenters. The lowest BCUT2D eigenvalue weighted by Gasteiger charge is -2.08. The molecule has 0 aliphatic rings. The van der Waals surface area contributed by atoms with Crippen LogP contribution in [0.5, 0.6) is 0 Å². The average Bonchev–Trinajstić information content (AvgIpc) is 3.09. The summed E-state index contributed by atoms with van der Waals surface area (Å²) >= 11 is 15.3. The van der Waals surface area contributed by atoms with Crippen LogP contribution in [0.25, 0.3) is 0 Å². The number of hydrogen-bond donors (Lipinski definition) is 1. The van der Waals surface area contributed by atoms with E-state index in [0.29, 0.717) is 22.3 Å². The Kier molecular flexibility index (Phi) is 5.70. The van der Waals surface area contributed by atoms with E-state index >= 15 is 0 Å². The minimum Gasteiger partial charge on any atom is -0.321 e. The molecule has 0 saturated heterocycles. The van der Waals surface area contributed by atoms with Gasteiger partial charge in [0.15, 0.2) is 0 Å². The second-order valence-corrected chi connectivity index (χ2v) is 7.59. The molecule has 2 aromatic heterocycles. The van der Waals surface area contributed by atoms with E-state index in [9.17, 15) is 4.79 Å². The number of hydrogen-bond acceptors (Lipinski definition) is 3. The smallest absolute Gasteiger partial charge is 0.246 e. The van der Waals surface area contributed by atoms with Gasteiger partial charge in [0.25, 0.3) is 0 Å². The van der Waals surface area contributed by atoms with Crippen LogP contribution in [0.15, 0.2) is 35.1 Å². The Morgan fingerprint density at radius 3 is 2.69 bits per heavy atom. The van der Waals surface area contributed by atoms with Crippen LogP contribution in [0.2, 0.25) is 10.0 Å². The van der Waals surface area contributed by atoms with Gasteiger partial charge in [0.1, 0.15) is 6.54 Å². The SMILES string of the molecule is Cc1nn(Cc2ccc(Cl)c(Cl)c2)c(C)c1NC(=O)Cn1cc(Br)cn1. The van der Waals surface area contributed by atoms with E-state index in [1.807, 2.05) is 30.7 Å². The summed E-state index contributed by atoms with van der Waals surface area (Å²) < 4.78 is 4.21. The van der Waals surface area contributed by atoms with Gasteiger partial charge >= 0.3 is 0 Å². The monoisotopic (exact) mass is 455 g/mol. The molecule has 1 amide bonds. The standard InChI is InChI=1S/C17H16BrCl2N5O/c1-10-17(22-16(26)9-24-8-13(18)6-21-24)11(2)25(23-10)7-12-3-4-14(19)15(20)5-12/h3-6,8H,7,9H2,1-2H3,(H,22,26). The van der Waals surface area contributed by atoms with Gasteiger partial charge in [-0.05, 0) is 47.5 Å². The van der Waals surface area contributed by atoms with Crippen molar-refractivity contribution in [3.63, 3.8) is 0 Å².